The Labute approximate surface area is 164 Å². The second kappa shape index (κ2) is 6.78. The second-order valence-electron chi connectivity index (χ2n) is 7.57. The summed E-state index contributed by atoms with van der Waals surface area (Å²) in [6.45, 7) is 7.34. The first-order valence-electron chi connectivity index (χ1n) is 9.41. The minimum absolute atomic E-state index is 0.0224. The molecule has 0 amide bonds. The molecule has 0 aromatic heterocycles. The van der Waals surface area contributed by atoms with Crippen LogP contribution in [0, 0.1) is 11.8 Å². The fourth-order valence-electron chi connectivity index (χ4n) is 5.03. The summed E-state index contributed by atoms with van der Waals surface area (Å²) >= 11 is 0. The molecule has 5 atom stereocenters. The van der Waals surface area contributed by atoms with Crippen LogP contribution >= 0.6 is 0 Å². The van der Waals surface area contributed by atoms with Crippen molar-refractivity contribution in [3.8, 4) is 11.5 Å². The number of hydrogen-bond acceptors (Lipinski definition) is 6. The molecule has 1 fully saturated rings. The van der Waals surface area contributed by atoms with Crippen molar-refractivity contribution in [1.82, 2.24) is 0 Å². The zero-order valence-electron chi connectivity index (χ0n) is 16.3. The number of fused-ring (bicyclic) bond motifs is 3. The van der Waals surface area contributed by atoms with E-state index in [-0.39, 0.29) is 24.4 Å². The van der Waals surface area contributed by atoms with Gasteiger partial charge in [-0.2, -0.15) is 0 Å². The molecule has 0 saturated heterocycles. The highest BCUT2D eigenvalue weighted by atomic mass is 16.7. The van der Waals surface area contributed by atoms with Crippen LogP contribution in [0.1, 0.15) is 31.7 Å². The van der Waals surface area contributed by atoms with E-state index in [1.165, 1.54) is 6.92 Å². The molecule has 6 nitrogen and oxygen atoms in total. The lowest BCUT2D eigenvalue weighted by Gasteiger charge is -2.38. The lowest BCUT2D eigenvalue weighted by molar-refractivity contribution is -0.166. The molecule has 6 heteroatoms. The molecule has 0 radical (unpaired) electrons. The molecule has 2 aliphatic carbocycles. The first kappa shape index (κ1) is 18.7. The van der Waals surface area contributed by atoms with E-state index in [0.29, 0.717) is 23.5 Å². The SMILES string of the molecule is C=CCC1=C[C@]2(OC)[C@H](C)[C@@H](c3ccc4c(c3)OCO4)[C@H](C1=O)[C@H]2OC(C)=O. The van der Waals surface area contributed by atoms with E-state index in [4.69, 9.17) is 18.9 Å². The van der Waals surface area contributed by atoms with Crippen LogP contribution < -0.4 is 9.47 Å². The maximum absolute atomic E-state index is 13.4. The fourth-order valence-corrected chi connectivity index (χ4v) is 5.03. The summed E-state index contributed by atoms with van der Waals surface area (Å²) < 4.78 is 22.6. The molecule has 1 aliphatic heterocycles. The number of benzene rings is 1. The van der Waals surface area contributed by atoms with E-state index in [0.717, 1.165) is 5.56 Å². The van der Waals surface area contributed by atoms with Crippen molar-refractivity contribution in [1.29, 1.82) is 0 Å². The van der Waals surface area contributed by atoms with Crippen molar-refractivity contribution in [2.75, 3.05) is 13.9 Å². The highest BCUT2D eigenvalue weighted by Crippen LogP contribution is 2.58. The predicted octanol–water partition coefficient (Wildman–Crippen LogP) is 3.17. The predicted molar refractivity (Wildman–Crippen MR) is 101 cm³/mol. The van der Waals surface area contributed by atoms with Crippen LogP contribution in [0.4, 0.5) is 0 Å². The minimum Gasteiger partial charge on any atom is -0.458 e. The van der Waals surface area contributed by atoms with Gasteiger partial charge in [-0.15, -0.1) is 6.58 Å². The van der Waals surface area contributed by atoms with Gasteiger partial charge in [-0.25, -0.2) is 0 Å². The molecular formula is C22H24O6. The summed E-state index contributed by atoms with van der Waals surface area (Å²) in [5, 5.41) is 0. The quantitative estimate of drug-likeness (QED) is 0.574. The Kier molecular flexibility index (Phi) is 4.54. The zero-order chi connectivity index (χ0) is 20.1. The molecule has 148 valence electrons. The topological polar surface area (TPSA) is 71.1 Å². The number of hydrogen-bond donors (Lipinski definition) is 0. The summed E-state index contributed by atoms with van der Waals surface area (Å²) in [6.07, 6.45) is 3.33. The average molecular weight is 384 g/mol. The van der Waals surface area contributed by atoms with Crippen LogP contribution in [0.15, 0.2) is 42.5 Å². The highest BCUT2D eigenvalue weighted by Gasteiger charge is 2.65. The van der Waals surface area contributed by atoms with Crippen molar-refractivity contribution >= 4 is 11.8 Å². The molecule has 4 rings (SSSR count). The number of ether oxygens (including phenoxy) is 4. The number of carbonyl (C=O) groups is 2. The Morgan fingerprint density at radius 3 is 2.75 bits per heavy atom. The van der Waals surface area contributed by atoms with E-state index < -0.39 is 23.6 Å². The van der Waals surface area contributed by atoms with Gasteiger partial charge in [-0.1, -0.05) is 19.1 Å². The molecule has 0 N–H and O–H groups in total. The van der Waals surface area contributed by atoms with E-state index in [1.807, 2.05) is 31.2 Å². The second-order valence-corrected chi connectivity index (χ2v) is 7.57. The van der Waals surface area contributed by atoms with Gasteiger partial charge in [-0.3, -0.25) is 9.59 Å². The lowest BCUT2D eigenvalue weighted by Crippen LogP contribution is -2.50. The van der Waals surface area contributed by atoms with Crippen LogP contribution in [-0.2, 0) is 19.1 Å². The molecule has 1 heterocycles. The number of rotatable bonds is 5. The van der Waals surface area contributed by atoms with Gasteiger partial charge < -0.3 is 18.9 Å². The van der Waals surface area contributed by atoms with Crippen molar-refractivity contribution in [2.45, 2.75) is 37.9 Å². The monoisotopic (exact) mass is 384 g/mol. The summed E-state index contributed by atoms with van der Waals surface area (Å²) in [6, 6.07) is 5.72. The van der Waals surface area contributed by atoms with Crippen LogP contribution in [0.5, 0.6) is 11.5 Å². The number of methoxy groups -OCH3 is 1. The van der Waals surface area contributed by atoms with Gasteiger partial charge in [-0.05, 0) is 35.8 Å². The molecule has 0 unspecified atom stereocenters. The number of allylic oxidation sites excluding steroid dienone is 2. The van der Waals surface area contributed by atoms with E-state index in [1.54, 1.807) is 13.2 Å². The Morgan fingerprint density at radius 1 is 1.32 bits per heavy atom. The molecule has 1 aromatic rings. The third-order valence-electron chi connectivity index (χ3n) is 6.22. The van der Waals surface area contributed by atoms with Crippen molar-refractivity contribution < 1.29 is 28.5 Å². The largest absolute Gasteiger partial charge is 0.458 e. The summed E-state index contributed by atoms with van der Waals surface area (Å²) in [7, 11) is 1.60. The Bertz CT molecular complexity index is 872. The van der Waals surface area contributed by atoms with Gasteiger partial charge in [0.2, 0.25) is 6.79 Å². The van der Waals surface area contributed by atoms with Crippen molar-refractivity contribution in [2.24, 2.45) is 11.8 Å². The van der Waals surface area contributed by atoms with Crippen LogP contribution in [0.3, 0.4) is 0 Å². The van der Waals surface area contributed by atoms with E-state index in [9.17, 15) is 9.59 Å². The van der Waals surface area contributed by atoms with Gasteiger partial charge in [0.1, 0.15) is 11.7 Å². The van der Waals surface area contributed by atoms with Gasteiger partial charge in [0, 0.05) is 25.9 Å². The maximum Gasteiger partial charge on any atom is 0.303 e. The average Bonchev–Trinajstić information content (AvgIpc) is 3.19. The summed E-state index contributed by atoms with van der Waals surface area (Å²) in [5.41, 5.74) is 0.726. The van der Waals surface area contributed by atoms with Gasteiger partial charge in [0.05, 0.1) is 5.92 Å². The fraction of sp³-hybridized carbons (Fsp3) is 0.455. The molecule has 0 spiro atoms. The third kappa shape index (κ3) is 2.58. The standard InChI is InChI=1S/C22H24O6/c1-5-6-15-10-22(25-4)12(2)18(19(20(15)24)21(22)28-13(3)23)14-7-8-16-17(9-14)27-11-26-16/h5,7-10,12,18-19,21H,1,6,11H2,2-4H3/t12-,18+,19-,21-,22+/m1/s1. The van der Waals surface area contributed by atoms with Crippen molar-refractivity contribution in [3.63, 3.8) is 0 Å². The maximum atomic E-state index is 13.4. The molecule has 1 aromatic carbocycles. The molecule has 3 aliphatic rings. The number of Topliss-reactive ketones (excluding diaryl/α,β-unsaturated/α-hetero) is 1. The molecular weight excluding hydrogens is 360 g/mol. The Hall–Kier alpha value is -2.60. The van der Waals surface area contributed by atoms with Crippen LogP contribution in [0.2, 0.25) is 0 Å². The summed E-state index contributed by atoms with van der Waals surface area (Å²) in [5.74, 6) is 0.0808. The summed E-state index contributed by atoms with van der Waals surface area (Å²) in [4.78, 5) is 25.2. The van der Waals surface area contributed by atoms with Crippen LogP contribution in [-0.4, -0.2) is 37.4 Å². The van der Waals surface area contributed by atoms with Crippen LogP contribution in [0.25, 0.3) is 0 Å². The Morgan fingerprint density at radius 2 is 2.07 bits per heavy atom. The molecule has 1 saturated carbocycles. The minimum atomic E-state index is -0.871. The van der Waals surface area contributed by atoms with Gasteiger partial charge >= 0.3 is 5.97 Å². The van der Waals surface area contributed by atoms with E-state index >= 15 is 0 Å². The lowest BCUT2D eigenvalue weighted by atomic mass is 9.78. The molecule has 28 heavy (non-hydrogen) atoms. The van der Waals surface area contributed by atoms with Gasteiger partial charge in [0.25, 0.3) is 0 Å². The Balaban J connectivity index is 1.84. The smallest absolute Gasteiger partial charge is 0.303 e. The first-order chi connectivity index (χ1) is 13.4. The number of ketones is 1. The van der Waals surface area contributed by atoms with E-state index in [2.05, 4.69) is 6.58 Å². The highest BCUT2D eigenvalue weighted by molar-refractivity contribution is 6.01. The normalized spacial score (nSPS) is 32.8. The third-order valence-corrected chi connectivity index (χ3v) is 6.22. The number of esters is 1. The zero-order valence-corrected chi connectivity index (χ0v) is 16.3. The molecule has 2 bridgehead atoms. The van der Waals surface area contributed by atoms with Crippen molar-refractivity contribution in [3.05, 3.63) is 48.1 Å². The van der Waals surface area contributed by atoms with Gasteiger partial charge in [0.15, 0.2) is 17.3 Å². The number of carbonyl (C=O) groups excluding carboxylic acids is 2. The first-order valence-corrected chi connectivity index (χ1v) is 9.41.